The lowest BCUT2D eigenvalue weighted by molar-refractivity contribution is 0.174. The fourth-order valence-electron chi connectivity index (χ4n) is 3.42. The minimum Gasteiger partial charge on any atom is -0.329 e. The zero-order chi connectivity index (χ0) is 15.3. The Morgan fingerprint density at radius 2 is 1.67 bits per heavy atom. The zero-order valence-electron chi connectivity index (χ0n) is 12.8. The Bertz CT molecular complexity index is 535. The minimum atomic E-state index is -3.48. The molecule has 0 saturated heterocycles. The average Bonchev–Trinajstić information content (AvgIpc) is 2.75. The van der Waals surface area contributed by atoms with E-state index < -0.39 is 15.6 Å². The van der Waals surface area contributed by atoms with Crippen LogP contribution in [0.1, 0.15) is 45.4 Å². The third kappa shape index (κ3) is 3.30. The summed E-state index contributed by atoms with van der Waals surface area (Å²) < 4.78 is 27.7. The second-order valence-electron chi connectivity index (χ2n) is 5.83. The summed E-state index contributed by atoms with van der Waals surface area (Å²) in [6.45, 7) is 2.77. The van der Waals surface area contributed by atoms with Crippen LogP contribution in [0, 0.1) is 0 Å². The molecule has 0 heterocycles. The Morgan fingerprint density at radius 1 is 1.10 bits per heavy atom. The van der Waals surface area contributed by atoms with Crippen LogP contribution in [0.3, 0.4) is 0 Å². The van der Waals surface area contributed by atoms with Crippen LogP contribution in [0.15, 0.2) is 35.2 Å². The van der Waals surface area contributed by atoms with Crippen molar-refractivity contribution in [1.82, 2.24) is 4.31 Å². The summed E-state index contributed by atoms with van der Waals surface area (Å²) in [5.74, 6) is 0. The number of rotatable bonds is 5. The van der Waals surface area contributed by atoms with Crippen molar-refractivity contribution < 1.29 is 8.42 Å². The van der Waals surface area contributed by atoms with Crippen LogP contribution in [0.5, 0.6) is 0 Å². The largest absolute Gasteiger partial charge is 0.329 e. The summed E-state index contributed by atoms with van der Waals surface area (Å²) in [5.41, 5.74) is 5.64. The van der Waals surface area contributed by atoms with Gasteiger partial charge in [0, 0.05) is 18.6 Å². The van der Waals surface area contributed by atoms with E-state index >= 15 is 0 Å². The van der Waals surface area contributed by atoms with E-state index in [-0.39, 0.29) is 0 Å². The molecule has 0 atom stereocenters. The van der Waals surface area contributed by atoms with Crippen molar-refractivity contribution in [1.29, 1.82) is 0 Å². The molecule has 1 aliphatic carbocycles. The van der Waals surface area contributed by atoms with Crippen LogP contribution >= 0.6 is 0 Å². The first kappa shape index (κ1) is 16.5. The molecule has 1 saturated carbocycles. The van der Waals surface area contributed by atoms with Gasteiger partial charge in [-0.2, -0.15) is 4.31 Å². The molecule has 0 aromatic heterocycles. The fourth-order valence-corrected chi connectivity index (χ4v) is 5.28. The van der Waals surface area contributed by atoms with Crippen LogP contribution in [0.25, 0.3) is 0 Å². The lowest BCUT2D eigenvalue weighted by Crippen LogP contribution is -2.55. The highest BCUT2D eigenvalue weighted by Crippen LogP contribution is 2.35. The van der Waals surface area contributed by atoms with E-state index in [0.29, 0.717) is 18.0 Å². The second kappa shape index (κ2) is 6.90. The lowest BCUT2D eigenvalue weighted by Gasteiger charge is -2.41. The van der Waals surface area contributed by atoms with Gasteiger partial charge in [0.1, 0.15) is 0 Å². The summed E-state index contributed by atoms with van der Waals surface area (Å²) >= 11 is 0. The van der Waals surface area contributed by atoms with Crippen molar-refractivity contribution in [2.45, 2.75) is 55.9 Å². The average molecular weight is 310 g/mol. The number of benzene rings is 1. The third-order valence-electron chi connectivity index (χ3n) is 4.56. The highest BCUT2D eigenvalue weighted by Gasteiger charge is 2.42. The van der Waals surface area contributed by atoms with Crippen molar-refractivity contribution in [2.24, 2.45) is 5.73 Å². The van der Waals surface area contributed by atoms with Crippen LogP contribution in [0.4, 0.5) is 0 Å². The van der Waals surface area contributed by atoms with Crippen molar-refractivity contribution in [3.63, 3.8) is 0 Å². The first-order chi connectivity index (χ1) is 10.1. The standard InChI is InChI=1S/C16H26N2O2S/c1-2-18(16(14-17)12-8-3-4-9-13-16)21(19,20)15-10-6-5-7-11-15/h5-7,10-11H,2-4,8-9,12-14,17H2,1H3. The van der Waals surface area contributed by atoms with Gasteiger partial charge in [-0.15, -0.1) is 0 Å². The molecule has 0 radical (unpaired) electrons. The molecular formula is C16H26N2O2S. The molecule has 21 heavy (non-hydrogen) atoms. The Labute approximate surface area is 128 Å². The fraction of sp³-hybridized carbons (Fsp3) is 0.625. The molecule has 1 fully saturated rings. The van der Waals surface area contributed by atoms with Crippen LogP contribution in [-0.2, 0) is 10.0 Å². The summed E-state index contributed by atoms with van der Waals surface area (Å²) in [6.07, 6.45) is 6.18. The molecule has 0 unspecified atom stereocenters. The van der Waals surface area contributed by atoms with E-state index in [4.69, 9.17) is 5.73 Å². The highest BCUT2D eigenvalue weighted by molar-refractivity contribution is 7.89. The van der Waals surface area contributed by atoms with E-state index in [9.17, 15) is 8.42 Å². The van der Waals surface area contributed by atoms with Crippen molar-refractivity contribution in [3.8, 4) is 0 Å². The molecule has 4 nitrogen and oxygen atoms in total. The maximum Gasteiger partial charge on any atom is 0.243 e. The number of likely N-dealkylation sites (N-methyl/N-ethyl adjacent to an activating group) is 1. The Hall–Kier alpha value is -0.910. The van der Waals surface area contributed by atoms with Gasteiger partial charge in [0.2, 0.25) is 10.0 Å². The Kier molecular flexibility index (Phi) is 5.41. The Balaban J connectivity index is 2.41. The first-order valence-corrected chi connectivity index (χ1v) is 9.29. The van der Waals surface area contributed by atoms with Crippen LogP contribution in [-0.4, -0.2) is 31.4 Å². The van der Waals surface area contributed by atoms with Gasteiger partial charge in [-0.3, -0.25) is 0 Å². The number of hydrogen-bond donors (Lipinski definition) is 1. The predicted molar refractivity (Wildman–Crippen MR) is 85.5 cm³/mol. The minimum absolute atomic E-state index is 0.365. The topological polar surface area (TPSA) is 63.4 Å². The molecular weight excluding hydrogens is 284 g/mol. The van der Waals surface area contributed by atoms with E-state index in [1.54, 1.807) is 28.6 Å². The van der Waals surface area contributed by atoms with Crippen LogP contribution < -0.4 is 5.73 Å². The van der Waals surface area contributed by atoms with Gasteiger partial charge in [-0.1, -0.05) is 50.8 Å². The van der Waals surface area contributed by atoms with Gasteiger partial charge < -0.3 is 5.73 Å². The molecule has 5 heteroatoms. The maximum absolute atomic E-state index is 13.0. The smallest absolute Gasteiger partial charge is 0.243 e. The Morgan fingerprint density at radius 3 is 2.14 bits per heavy atom. The summed E-state index contributed by atoms with van der Waals surface area (Å²) in [7, 11) is -3.48. The predicted octanol–water partition coefficient (Wildman–Crippen LogP) is 2.75. The van der Waals surface area contributed by atoms with E-state index in [0.717, 1.165) is 25.7 Å². The zero-order valence-corrected chi connectivity index (χ0v) is 13.6. The van der Waals surface area contributed by atoms with Gasteiger partial charge in [-0.25, -0.2) is 8.42 Å². The van der Waals surface area contributed by atoms with Gasteiger partial charge in [0.25, 0.3) is 0 Å². The molecule has 1 aromatic rings. The molecule has 1 aliphatic rings. The van der Waals surface area contributed by atoms with Gasteiger partial charge in [0.05, 0.1) is 4.90 Å². The molecule has 0 spiro atoms. The third-order valence-corrected chi connectivity index (χ3v) is 6.66. The van der Waals surface area contributed by atoms with Crippen molar-refractivity contribution in [2.75, 3.05) is 13.1 Å². The summed E-state index contributed by atoms with van der Waals surface area (Å²) in [4.78, 5) is 0.365. The molecule has 118 valence electrons. The lowest BCUT2D eigenvalue weighted by atomic mass is 9.90. The first-order valence-electron chi connectivity index (χ1n) is 7.85. The van der Waals surface area contributed by atoms with E-state index in [1.165, 1.54) is 12.8 Å². The van der Waals surface area contributed by atoms with Gasteiger partial charge in [0.15, 0.2) is 0 Å². The molecule has 2 rings (SSSR count). The number of nitrogens with two attached hydrogens (primary N) is 1. The van der Waals surface area contributed by atoms with Gasteiger partial charge in [-0.05, 0) is 25.0 Å². The molecule has 0 amide bonds. The monoisotopic (exact) mass is 310 g/mol. The van der Waals surface area contributed by atoms with Crippen molar-refractivity contribution in [3.05, 3.63) is 30.3 Å². The quantitative estimate of drug-likeness (QED) is 0.851. The van der Waals surface area contributed by atoms with E-state index in [2.05, 4.69) is 0 Å². The number of nitrogens with zero attached hydrogens (tertiary/aromatic N) is 1. The molecule has 2 N–H and O–H groups in total. The molecule has 0 aliphatic heterocycles. The van der Waals surface area contributed by atoms with Crippen molar-refractivity contribution >= 4 is 10.0 Å². The SMILES string of the molecule is CCN(C1(CN)CCCCCC1)S(=O)(=O)c1ccccc1. The summed E-state index contributed by atoms with van der Waals surface area (Å²) in [6, 6.07) is 8.70. The second-order valence-corrected chi connectivity index (χ2v) is 7.69. The molecule has 0 bridgehead atoms. The van der Waals surface area contributed by atoms with Gasteiger partial charge >= 0.3 is 0 Å². The summed E-state index contributed by atoms with van der Waals surface area (Å²) in [5, 5.41) is 0. The highest BCUT2D eigenvalue weighted by atomic mass is 32.2. The molecule has 1 aromatic carbocycles. The maximum atomic E-state index is 13.0. The van der Waals surface area contributed by atoms with E-state index in [1.807, 2.05) is 13.0 Å². The normalized spacial score (nSPS) is 19.4. The van der Waals surface area contributed by atoms with Crippen LogP contribution in [0.2, 0.25) is 0 Å². The number of hydrogen-bond acceptors (Lipinski definition) is 3. The number of sulfonamides is 1.